The summed E-state index contributed by atoms with van der Waals surface area (Å²) in [5, 5.41) is 8.02. The van der Waals surface area contributed by atoms with Crippen molar-refractivity contribution in [1.29, 1.82) is 0 Å². The number of methoxy groups -OCH3 is 1. The zero-order valence-electron chi connectivity index (χ0n) is 11.0. The molecule has 0 atom stereocenters. The topological polar surface area (TPSA) is 94.3 Å². The quantitative estimate of drug-likeness (QED) is 0.845. The molecule has 20 heavy (non-hydrogen) atoms. The van der Waals surface area contributed by atoms with Crippen molar-refractivity contribution in [2.45, 2.75) is 19.8 Å². The molecule has 0 aliphatic rings. The first-order chi connectivity index (χ1) is 9.60. The number of amides is 1. The smallest absolute Gasteiger partial charge is 0.350 e. The Morgan fingerprint density at radius 1 is 1.50 bits per heavy atom. The van der Waals surface area contributed by atoms with Crippen molar-refractivity contribution in [3.05, 3.63) is 28.0 Å². The van der Waals surface area contributed by atoms with Crippen LogP contribution in [0.4, 0.5) is 5.69 Å². The second-order valence-corrected chi connectivity index (χ2v) is 4.85. The third-order valence-electron chi connectivity index (χ3n) is 2.45. The molecule has 0 fully saturated rings. The summed E-state index contributed by atoms with van der Waals surface area (Å²) in [5.41, 5.74) is 0.452. The summed E-state index contributed by atoms with van der Waals surface area (Å²) in [6.07, 6.45) is 0.544. The van der Waals surface area contributed by atoms with Crippen molar-refractivity contribution in [2.75, 3.05) is 12.4 Å². The number of thiophene rings is 1. The predicted octanol–water partition coefficient (Wildman–Crippen LogP) is 1.80. The summed E-state index contributed by atoms with van der Waals surface area (Å²) in [6, 6.07) is 1.66. The monoisotopic (exact) mass is 295 g/mol. The molecule has 2 aromatic heterocycles. The first kappa shape index (κ1) is 14.2. The summed E-state index contributed by atoms with van der Waals surface area (Å²) in [6.45, 7) is 1.71. The number of esters is 1. The molecule has 0 bridgehead atoms. The van der Waals surface area contributed by atoms with Crippen LogP contribution in [0.3, 0.4) is 0 Å². The van der Waals surface area contributed by atoms with E-state index in [4.69, 9.17) is 4.52 Å². The van der Waals surface area contributed by atoms with Gasteiger partial charge in [0.15, 0.2) is 5.82 Å². The van der Waals surface area contributed by atoms with Crippen LogP contribution in [-0.4, -0.2) is 29.1 Å². The molecule has 0 aromatic carbocycles. The standard InChI is InChI=1S/C12H13N3O4S/c1-7-13-10(19-15-7)4-3-9(16)14-8-5-6-20-11(8)12(17)18-2/h5-6H,3-4H2,1-2H3,(H,14,16). The van der Waals surface area contributed by atoms with Crippen LogP contribution in [0, 0.1) is 6.92 Å². The average Bonchev–Trinajstić information content (AvgIpc) is 3.04. The molecule has 1 amide bonds. The van der Waals surface area contributed by atoms with Crippen molar-refractivity contribution in [1.82, 2.24) is 10.1 Å². The second-order valence-electron chi connectivity index (χ2n) is 3.94. The molecule has 2 aromatic rings. The van der Waals surface area contributed by atoms with Gasteiger partial charge in [-0.15, -0.1) is 11.3 Å². The van der Waals surface area contributed by atoms with Crippen molar-refractivity contribution < 1.29 is 18.8 Å². The summed E-state index contributed by atoms with van der Waals surface area (Å²) >= 11 is 1.21. The Bertz CT molecular complexity index is 620. The van der Waals surface area contributed by atoms with Crippen molar-refractivity contribution in [3.63, 3.8) is 0 Å². The Labute approximate surface area is 118 Å². The molecule has 2 rings (SSSR count). The molecule has 1 N–H and O–H groups in total. The Balaban J connectivity index is 1.91. The van der Waals surface area contributed by atoms with Gasteiger partial charge in [-0.25, -0.2) is 4.79 Å². The first-order valence-corrected chi connectivity index (χ1v) is 6.73. The maximum Gasteiger partial charge on any atom is 0.350 e. The van der Waals surface area contributed by atoms with E-state index in [1.165, 1.54) is 18.4 Å². The highest BCUT2D eigenvalue weighted by molar-refractivity contribution is 7.12. The van der Waals surface area contributed by atoms with Crippen molar-refractivity contribution in [3.8, 4) is 0 Å². The van der Waals surface area contributed by atoms with Crippen LogP contribution in [0.5, 0.6) is 0 Å². The third-order valence-corrected chi connectivity index (χ3v) is 3.34. The zero-order chi connectivity index (χ0) is 14.5. The number of carbonyl (C=O) groups is 2. The molecule has 106 valence electrons. The molecule has 2 heterocycles. The van der Waals surface area contributed by atoms with Crippen molar-refractivity contribution in [2.24, 2.45) is 0 Å². The highest BCUT2D eigenvalue weighted by Crippen LogP contribution is 2.23. The minimum Gasteiger partial charge on any atom is -0.465 e. The lowest BCUT2D eigenvalue weighted by molar-refractivity contribution is -0.116. The van der Waals surface area contributed by atoms with Gasteiger partial charge >= 0.3 is 5.97 Å². The van der Waals surface area contributed by atoms with Gasteiger partial charge in [0.25, 0.3) is 0 Å². The minimum absolute atomic E-state index is 0.193. The lowest BCUT2D eigenvalue weighted by Gasteiger charge is -2.04. The van der Waals surface area contributed by atoms with E-state index in [0.29, 0.717) is 28.7 Å². The highest BCUT2D eigenvalue weighted by atomic mass is 32.1. The maximum atomic E-state index is 11.8. The van der Waals surface area contributed by atoms with Crippen molar-refractivity contribution >= 4 is 28.9 Å². The number of aromatic nitrogens is 2. The van der Waals surface area contributed by atoms with Crippen LogP contribution in [0.1, 0.15) is 27.8 Å². The summed E-state index contributed by atoms with van der Waals surface area (Å²) in [7, 11) is 1.30. The van der Waals surface area contributed by atoms with E-state index in [-0.39, 0.29) is 12.3 Å². The van der Waals surface area contributed by atoms with E-state index in [1.807, 2.05) is 0 Å². The van der Waals surface area contributed by atoms with Crippen LogP contribution in [-0.2, 0) is 16.0 Å². The van der Waals surface area contributed by atoms with Crippen LogP contribution >= 0.6 is 11.3 Å². The Morgan fingerprint density at radius 3 is 2.95 bits per heavy atom. The maximum absolute atomic E-state index is 11.8. The fraction of sp³-hybridized carbons (Fsp3) is 0.333. The number of anilines is 1. The Kier molecular flexibility index (Phi) is 4.46. The molecule has 8 heteroatoms. The average molecular weight is 295 g/mol. The van der Waals surface area contributed by atoms with Gasteiger partial charge in [-0.05, 0) is 18.4 Å². The fourth-order valence-electron chi connectivity index (χ4n) is 1.53. The van der Waals surface area contributed by atoms with Gasteiger partial charge in [-0.2, -0.15) is 4.98 Å². The molecule has 0 saturated heterocycles. The third kappa shape index (κ3) is 3.41. The molecule has 0 spiro atoms. The van der Waals surface area contributed by atoms with E-state index in [1.54, 1.807) is 18.4 Å². The lowest BCUT2D eigenvalue weighted by atomic mass is 10.3. The largest absolute Gasteiger partial charge is 0.465 e. The van der Waals surface area contributed by atoms with Crippen LogP contribution in [0.15, 0.2) is 16.0 Å². The van der Waals surface area contributed by atoms with Gasteiger partial charge < -0.3 is 14.6 Å². The van der Waals surface area contributed by atoms with Crippen LogP contribution < -0.4 is 5.32 Å². The fourth-order valence-corrected chi connectivity index (χ4v) is 2.30. The highest BCUT2D eigenvalue weighted by Gasteiger charge is 2.16. The lowest BCUT2D eigenvalue weighted by Crippen LogP contribution is -2.14. The number of nitrogens with one attached hydrogen (secondary N) is 1. The minimum atomic E-state index is -0.470. The number of carbonyl (C=O) groups excluding carboxylic acids is 2. The van der Waals surface area contributed by atoms with E-state index < -0.39 is 5.97 Å². The molecule has 0 unspecified atom stereocenters. The van der Waals surface area contributed by atoms with Crippen LogP contribution in [0.2, 0.25) is 0 Å². The summed E-state index contributed by atoms with van der Waals surface area (Å²) in [4.78, 5) is 27.6. The number of aryl methyl sites for hydroxylation is 2. The Hall–Kier alpha value is -2.22. The zero-order valence-corrected chi connectivity index (χ0v) is 11.8. The predicted molar refractivity (Wildman–Crippen MR) is 71.6 cm³/mol. The molecular formula is C12H13N3O4S. The van der Waals surface area contributed by atoms with Gasteiger partial charge in [-0.1, -0.05) is 5.16 Å². The van der Waals surface area contributed by atoms with E-state index in [0.717, 1.165) is 0 Å². The second kappa shape index (κ2) is 6.29. The molecule has 0 saturated carbocycles. The van der Waals surface area contributed by atoms with Gasteiger partial charge in [0.1, 0.15) is 4.88 Å². The Morgan fingerprint density at radius 2 is 2.30 bits per heavy atom. The van der Waals surface area contributed by atoms with Gasteiger partial charge in [0.05, 0.1) is 12.8 Å². The number of nitrogens with zero attached hydrogens (tertiary/aromatic N) is 2. The number of ether oxygens (including phenoxy) is 1. The van der Waals surface area contributed by atoms with Crippen LogP contribution in [0.25, 0.3) is 0 Å². The van der Waals surface area contributed by atoms with E-state index in [9.17, 15) is 9.59 Å². The summed E-state index contributed by atoms with van der Waals surface area (Å²) < 4.78 is 9.55. The van der Waals surface area contributed by atoms with Gasteiger partial charge in [0, 0.05) is 12.8 Å². The number of hydrogen-bond acceptors (Lipinski definition) is 7. The summed E-state index contributed by atoms with van der Waals surface area (Å²) in [5.74, 6) is 0.245. The first-order valence-electron chi connectivity index (χ1n) is 5.85. The van der Waals surface area contributed by atoms with Gasteiger partial charge in [-0.3, -0.25) is 4.79 Å². The number of rotatable bonds is 5. The number of hydrogen-bond donors (Lipinski definition) is 1. The SMILES string of the molecule is COC(=O)c1sccc1NC(=O)CCc1nc(C)no1. The molecule has 7 nitrogen and oxygen atoms in total. The molecule has 0 aliphatic carbocycles. The molecule has 0 aliphatic heterocycles. The molecule has 0 radical (unpaired) electrons. The van der Waals surface area contributed by atoms with Gasteiger partial charge in [0.2, 0.25) is 11.8 Å². The molecular weight excluding hydrogens is 282 g/mol. The van der Waals surface area contributed by atoms with E-state index in [2.05, 4.69) is 20.2 Å². The van der Waals surface area contributed by atoms with E-state index >= 15 is 0 Å². The normalized spacial score (nSPS) is 10.3.